The van der Waals surface area contributed by atoms with Crippen molar-refractivity contribution in [1.82, 2.24) is 4.90 Å². The van der Waals surface area contributed by atoms with Gasteiger partial charge in [-0.05, 0) is 30.8 Å². The molecule has 8 heteroatoms. The number of rotatable bonds is 4. The normalized spacial score (nSPS) is 24.9. The number of fused-ring (bicyclic) bond motifs is 2. The maximum Gasteiger partial charge on any atom is 0.269 e. The first-order valence-corrected chi connectivity index (χ1v) is 9.89. The zero-order valence-electron chi connectivity index (χ0n) is 16.6. The van der Waals surface area contributed by atoms with Crippen molar-refractivity contribution in [2.45, 2.75) is 11.5 Å². The van der Waals surface area contributed by atoms with Gasteiger partial charge in [-0.25, -0.2) is 0 Å². The number of hydrogen-bond donors (Lipinski definition) is 1. The summed E-state index contributed by atoms with van der Waals surface area (Å²) in [4.78, 5) is 40.0. The average Bonchev–Trinajstić information content (AvgIpc) is 3.47. The van der Waals surface area contributed by atoms with Crippen LogP contribution in [0.1, 0.15) is 27.6 Å². The summed E-state index contributed by atoms with van der Waals surface area (Å²) in [7, 11) is 1.81. The van der Waals surface area contributed by atoms with Crippen molar-refractivity contribution < 1.29 is 18.9 Å². The molecule has 0 radical (unpaired) electrons. The fraction of sp³-hybridized carbons (Fsp3) is 0.217. The summed E-state index contributed by atoms with van der Waals surface area (Å²) in [6.45, 7) is 0.375. The van der Waals surface area contributed by atoms with Gasteiger partial charge < -0.3 is 9.73 Å². The molecule has 1 spiro atoms. The standard InChI is InChI=1S/C23H19N3O5/c1-25-13-16(14-6-4-7-15(12-14)26(29)30)20(21(27)19-10-5-11-31-19)23(25)17-8-2-3-9-18(17)24-22(23)28/h2-12,16,20H,13H2,1H3,(H,24,28). The molecule has 1 saturated heterocycles. The summed E-state index contributed by atoms with van der Waals surface area (Å²) in [5.74, 6) is -1.70. The number of carbonyl (C=O) groups is 2. The molecule has 31 heavy (non-hydrogen) atoms. The zero-order chi connectivity index (χ0) is 21.8. The van der Waals surface area contributed by atoms with Crippen molar-refractivity contribution in [2.24, 2.45) is 5.92 Å². The minimum absolute atomic E-state index is 0.0541. The third-order valence-corrected chi connectivity index (χ3v) is 6.41. The average molecular weight is 417 g/mol. The van der Waals surface area contributed by atoms with Crippen molar-refractivity contribution in [3.63, 3.8) is 0 Å². The van der Waals surface area contributed by atoms with Crippen LogP contribution in [0.3, 0.4) is 0 Å². The number of amides is 1. The molecule has 8 nitrogen and oxygen atoms in total. The lowest BCUT2D eigenvalue weighted by atomic mass is 9.71. The fourth-order valence-electron chi connectivity index (χ4n) is 5.14. The van der Waals surface area contributed by atoms with Crippen LogP contribution in [0, 0.1) is 16.0 Å². The molecule has 2 aromatic carbocycles. The van der Waals surface area contributed by atoms with Gasteiger partial charge in [0.25, 0.3) is 5.69 Å². The van der Waals surface area contributed by atoms with Crippen molar-refractivity contribution >= 4 is 23.1 Å². The molecular formula is C23H19N3O5. The van der Waals surface area contributed by atoms with Crippen molar-refractivity contribution in [3.05, 3.63) is 93.9 Å². The molecule has 0 aliphatic carbocycles. The highest BCUT2D eigenvalue weighted by atomic mass is 16.6. The van der Waals surface area contributed by atoms with Gasteiger partial charge in [0.2, 0.25) is 11.7 Å². The summed E-state index contributed by atoms with van der Waals surface area (Å²) in [6.07, 6.45) is 1.42. The molecule has 2 aliphatic heterocycles. The molecule has 1 N–H and O–H groups in total. The summed E-state index contributed by atoms with van der Waals surface area (Å²) in [5.41, 5.74) is 0.730. The molecule has 0 saturated carbocycles. The molecule has 1 aromatic heterocycles. The van der Waals surface area contributed by atoms with Gasteiger partial charge in [0.1, 0.15) is 5.54 Å². The molecule has 5 rings (SSSR count). The second-order valence-corrected chi connectivity index (χ2v) is 7.92. The Balaban J connectivity index is 1.72. The number of hydrogen-bond acceptors (Lipinski definition) is 6. The summed E-state index contributed by atoms with van der Waals surface area (Å²) in [5, 5.41) is 14.3. The van der Waals surface area contributed by atoms with E-state index in [0.717, 1.165) is 5.56 Å². The Kier molecular flexibility index (Phi) is 4.26. The van der Waals surface area contributed by atoms with Gasteiger partial charge in [0.15, 0.2) is 5.76 Å². The van der Waals surface area contributed by atoms with Crippen molar-refractivity contribution in [1.29, 1.82) is 0 Å². The minimum atomic E-state index is -1.24. The third-order valence-electron chi connectivity index (χ3n) is 6.41. The molecule has 156 valence electrons. The van der Waals surface area contributed by atoms with Gasteiger partial charge >= 0.3 is 0 Å². The van der Waals surface area contributed by atoms with E-state index in [0.29, 0.717) is 17.8 Å². The van der Waals surface area contributed by atoms with Crippen LogP contribution in [-0.2, 0) is 10.3 Å². The summed E-state index contributed by atoms with van der Waals surface area (Å²) >= 11 is 0. The van der Waals surface area contributed by atoms with Crippen LogP contribution in [0.2, 0.25) is 0 Å². The number of benzene rings is 2. The molecule has 0 bridgehead atoms. The maximum atomic E-state index is 13.7. The van der Waals surface area contributed by atoms with E-state index in [1.807, 2.05) is 29.2 Å². The largest absolute Gasteiger partial charge is 0.461 e. The number of nitro benzene ring substituents is 1. The van der Waals surface area contributed by atoms with Gasteiger partial charge in [-0.1, -0.05) is 30.3 Å². The van der Waals surface area contributed by atoms with Crippen LogP contribution in [-0.4, -0.2) is 35.1 Å². The predicted molar refractivity (Wildman–Crippen MR) is 112 cm³/mol. The van der Waals surface area contributed by atoms with Gasteiger partial charge in [-0.15, -0.1) is 0 Å². The lowest BCUT2D eigenvalue weighted by Gasteiger charge is -2.35. The Morgan fingerprint density at radius 2 is 2.00 bits per heavy atom. The Labute approximate surface area is 177 Å². The molecule has 3 unspecified atom stereocenters. The SMILES string of the molecule is CN1CC(c2cccc([N+](=O)[O-])c2)C(C(=O)c2ccco2)C12C(=O)Nc1ccccc12. The second kappa shape index (κ2) is 6.88. The summed E-state index contributed by atoms with van der Waals surface area (Å²) < 4.78 is 5.41. The Morgan fingerprint density at radius 1 is 1.19 bits per heavy atom. The number of likely N-dealkylation sites (tertiary alicyclic amines) is 1. The van der Waals surface area contributed by atoms with E-state index in [-0.39, 0.29) is 23.1 Å². The monoisotopic (exact) mass is 417 g/mol. The van der Waals surface area contributed by atoms with Crippen LogP contribution in [0.15, 0.2) is 71.3 Å². The number of para-hydroxylation sites is 1. The van der Waals surface area contributed by atoms with Gasteiger partial charge in [0, 0.05) is 35.8 Å². The van der Waals surface area contributed by atoms with Crippen LogP contribution >= 0.6 is 0 Å². The van der Waals surface area contributed by atoms with Crippen LogP contribution < -0.4 is 5.32 Å². The van der Waals surface area contributed by atoms with E-state index in [1.165, 1.54) is 18.4 Å². The maximum absolute atomic E-state index is 13.7. The third kappa shape index (κ3) is 2.65. The molecule has 2 aliphatic rings. The first-order chi connectivity index (χ1) is 14.9. The first kappa shape index (κ1) is 19.2. The number of nitro groups is 1. The highest BCUT2D eigenvalue weighted by molar-refractivity contribution is 6.11. The topological polar surface area (TPSA) is 106 Å². The van der Waals surface area contributed by atoms with Gasteiger partial charge in [-0.3, -0.25) is 24.6 Å². The summed E-state index contributed by atoms with van der Waals surface area (Å²) in [6, 6.07) is 16.8. The molecule has 3 aromatic rings. The predicted octanol–water partition coefficient (Wildman–Crippen LogP) is 3.56. The fourth-order valence-corrected chi connectivity index (χ4v) is 5.14. The molecule has 1 fully saturated rings. The number of Topliss-reactive ketones (excluding diaryl/α,β-unsaturated/α-hetero) is 1. The number of non-ortho nitro benzene ring substituents is 1. The number of furan rings is 1. The van der Waals surface area contributed by atoms with Crippen LogP contribution in [0.5, 0.6) is 0 Å². The highest BCUT2D eigenvalue weighted by Gasteiger charge is 2.64. The number of carbonyl (C=O) groups excluding carboxylic acids is 2. The lowest BCUT2D eigenvalue weighted by molar-refractivity contribution is -0.384. The number of ketones is 1. The molecular weight excluding hydrogens is 398 g/mol. The van der Waals surface area contributed by atoms with E-state index in [2.05, 4.69) is 5.32 Å². The first-order valence-electron chi connectivity index (χ1n) is 9.89. The zero-order valence-corrected chi connectivity index (χ0v) is 16.6. The van der Waals surface area contributed by atoms with E-state index in [1.54, 1.807) is 31.3 Å². The Bertz CT molecular complexity index is 1210. The quantitative estimate of drug-likeness (QED) is 0.395. The Hall–Kier alpha value is -3.78. The highest BCUT2D eigenvalue weighted by Crippen LogP contribution is 2.55. The van der Waals surface area contributed by atoms with Gasteiger partial charge in [-0.2, -0.15) is 0 Å². The van der Waals surface area contributed by atoms with E-state index < -0.39 is 22.3 Å². The van der Waals surface area contributed by atoms with Crippen LogP contribution in [0.25, 0.3) is 0 Å². The van der Waals surface area contributed by atoms with E-state index in [9.17, 15) is 19.7 Å². The number of nitrogens with one attached hydrogen (secondary N) is 1. The number of nitrogens with zero attached hydrogens (tertiary/aromatic N) is 2. The second-order valence-electron chi connectivity index (χ2n) is 7.92. The lowest BCUT2D eigenvalue weighted by Crippen LogP contribution is -2.51. The Morgan fingerprint density at radius 3 is 2.74 bits per heavy atom. The number of likely N-dealkylation sites (N-methyl/N-ethyl adjacent to an activating group) is 1. The van der Waals surface area contributed by atoms with Crippen LogP contribution in [0.4, 0.5) is 11.4 Å². The molecule has 3 atom stereocenters. The molecule has 1 amide bonds. The minimum Gasteiger partial charge on any atom is -0.461 e. The van der Waals surface area contributed by atoms with Crippen molar-refractivity contribution in [2.75, 3.05) is 18.9 Å². The van der Waals surface area contributed by atoms with E-state index in [4.69, 9.17) is 4.42 Å². The molecule has 3 heterocycles. The number of anilines is 1. The smallest absolute Gasteiger partial charge is 0.269 e. The van der Waals surface area contributed by atoms with E-state index >= 15 is 0 Å². The van der Waals surface area contributed by atoms with Gasteiger partial charge in [0.05, 0.1) is 17.1 Å². The van der Waals surface area contributed by atoms with Crippen molar-refractivity contribution in [3.8, 4) is 0 Å².